The molecule has 116 valence electrons. The molecule has 1 aliphatic rings. The Hall–Kier alpha value is -1.56. The number of amides is 1. The number of anilines is 1. The van der Waals surface area contributed by atoms with E-state index in [9.17, 15) is 13.2 Å². The number of carbonyl (C=O) groups is 1. The Balaban J connectivity index is 2.15. The Kier molecular flexibility index (Phi) is 4.88. The molecule has 1 aromatic rings. The zero-order chi connectivity index (χ0) is 15.5. The molecule has 0 heterocycles. The average molecular weight is 310 g/mol. The van der Waals surface area contributed by atoms with E-state index in [0.717, 1.165) is 31.9 Å². The van der Waals surface area contributed by atoms with Crippen LogP contribution in [0.3, 0.4) is 0 Å². The first-order valence-corrected chi connectivity index (χ1v) is 9.14. The molecule has 0 radical (unpaired) electrons. The summed E-state index contributed by atoms with van der Waals surface area (Å²) in [4.78, 5) is 12.4. The standard InChI is InChI=1S/C15H22N2O3S/c1-11-13(9-6-10-14(11)17-21(2,19)20)15(18)16-12-7-4-3-5-8-12/h6,9-10,12,17H,3-5,7-8H2,1-2H3,(H,16,18). The van der Waals surface area contributed by atoms with Crippen LogP contribution in [-0.2, 0) is 10.0 Å². The van der Waals surface area contributed by atoms with Gasteiger partial charge in [0, 0.05) is 11.6 Å². The minimum Gasteiger partial charge on any atom is -0.349 e. The molecule has 0 unspecified atom stereocenters. The van der Waals surface area contributed by atoms with Crippen molar-refractivity contribution in [3.63, 3.8) is 0 Å². The van der Waals surface area contributed by atoms with E-state index in [1.807, 2.05) is 0 Å². The van der Waals surface area contributed by atoms with E-state index in [4.69, 9.17) is 0 Å². The monoisotopic (exact) mass is 310 g/mol. The molecule has 2 rings (SSSR count). The second-order valence-electron chi connectivity index (χ2n) is 5.66. The quantitative estimate of drug-likeness (QED) is 0.897. The van der Waals surface area contributed by atoms with Crippen molar-refractivity contribution in [1.82, 2.24) is 5.32 Å². The van der Waals surface area contributed by atoms with Crippen LogP contribution in [0.5, 0.6) is 0 Å². The maximum absolute atomic E-state index is 12.4. The van der Waals surface area contributed by atoms with Crippen molar-refractivity contribution < 1.29 is 13.2 Å². The lowest BCUT2D eigenvalue weighted by molar-refractivity contribution is 0.0927. The normalized spacial score (nSPS) is 16.5. The number of benzene rings is 1. The fourth-order valence-corrected chi connectivity index (χ4v) is 3.32. The molecule has 0 saturated heterocycles. The van der Waals surface area contributed by atoms with Crippen molar-refractivity contribution in [2.45, 2.75) is 45.1 Å². The smallest absolute Gasteiger partial charge is 0.251 e. The van der Waals surface area contributed by atoms with Crippen molar-refractivity contribution in [2.24, 2.45) is 0 Å². The first-order chi connectivity index (χ1) is 9.87. The highest BCUT2D eigenvalue weighted by Gasteiger charge is 2.19. The van der Waals surface area contributed by atoms with Crippen LogP contribution >= 0.6 is 0 Å². The molecule has 0 spiro atoms. The van der Waals surface area contributed by atoms with Crippen molar-refractivity contribution in [3.8, 4) is 0 Å². The molecule has 5 nitrogen and oxygen atoms in total. The van der Waals surface area contributed by atoms with Crippen molar-refractivity contribution in [2.75, 3.05) is 11.0 Å². The van der Waals surface area contributed by atoms with Gasteiger partial charge in [-0.1, -0.05) is 25.3 Å². The van der Waals surface area contributed by atoms with Gasteiger partial charge in [-0.3, -0.25) is 9.52 Å². The van der Waals surface area contributed by atoms with E-state index < -0.39 is 10.0 Å². The molecular weight excluding hydrogens is 288 g/mol. The maximum atomic E-state index is 12.4. The van der Waals surface area contributed by atoms with Gasteiger partial charge in [0.25, 0.3) is 5.91 Å². The molecular formula is C15H22N2O3S. The largest absolute Gasteiger partial charge is 0.349 e. The minimum atomic E-state index is -3.35. The average Bonchev–Trinajstić information content (AvgIpc) is 2.40. The minimum absolute atomic E-state index is 0.128. The van der Waals surface area contributed by atoms with Crippen molar-refractivity contribution in [1.29, 1.82) is 0 Å². The van der Waals surface area contributed by atoms with Gasteiger partial charge in [0.1, 0.15) is 0 Å². The molecule has 1 fully saturated rings. The third-order valence-electron chi connectivity index (χ3n) is 3.81. The van der Waals surface area contributed by atoms with Crippen LogP contribution < -0.4 is 10.0 Å². The first kappa shape index (κ1) is 15.8. The van der Waals surface area contributed by atoms with Gasteiger partial charge in [-0.05, 0) is 37.5 Å². The number of hydrogen-bond acceptors (Lipinski definition) is 3. The molecule has 1 aromatic carbocycles. The Morgan fingerprint density at radius 1 is 1.19 bits per heavy atom. The highest BCUT2D eigenvalue weighted by Crippen LogP contribution is 2.22. The molecule has 21 heavy (non-hydrogen) atoms. The van der Waals surface area contributed by atoms with Gasteiger partial charge in [0.05, 0.1) is 11.9 Å². The van der Waals surface area contributed by atoms with Crippen LogP contribution in [0.25, 0.3) is 0 Å². The summed E-state index contributed by atoms with van der Waals surface area (Å²) in [6, 6.07) is 5.31. The fourth-order valence-electron chi connectivity index (χ4n) is 2.70. The summed E-state index contributed by atoms with van der Waals surface area (Å²) >= 11 is 0. The zero-order valence-corrected chi connectivity index (χ0v) is 13.3. The predicted molar refractivity (Wildman–Crippen MR) is 84.0 cm³/mol. The molecule has 1 amide bonds. The molecule has 6 heteroatoms. The summed E-state index contributed by atoms with van der Waals surface area (Å²) in [6.07, 6.45) is 6.68. The molecule has 0 aromatic heterocycles. The van der Waals surface area contributed by atoms with Gasteiger partial charge >= 0.3 is 0 Å². The third-order valence-corrected chi connectivity index (χ3v) is 4.40. The number of carbonyl (C=O) groups excluding carboxylic acids is 1. The van der Waals surface area contributed by atoms with Crippen LogP contribution in [0.2, 0.25) is 0 Å². The van der Waals surface area contributed by atoms with E-state index in [1.54, 1.807) is 25.1 Å². The Morgan fingerprint density at radius 3 is 2.48 bits per heavy atom. The summed E-state index contributed by atoms with van der Waals surface area (Å²) in [6.45, 7) is 1.75. The van der Waals surface area contributed by atoms with E-state index in [2.05, 4.69) is 10.0 Å². The lowest BCUT2D eigenvalue weighted by atomic mass is 9.95. The SMILES string of the molecule is Cc1c(NS(C)(=O)=O)cccc1C(=O)NC1CCCCC1. The van der Waals surface area contributed by atoms with Crippen LogP contribution in [0.1, 0.15) is 48.0 Å². The van der Waals surface area contributed by atoms with Gasteiger partial charge in [0.15, 0.2) is 0 Å². The van der Waals surface area contributed by atoms with Crippen molar-refractivity contribution >= 4 is 21.6 Å². The summed E-state index contributed by atoms with van der Waals surface area (Å²) in [7, 11) is -3.35. The summed E-state index contributed by atoms with van der Waals surface area (Å²) in [5.41, 5.74) is 1.62. The van der Waals surface area contributed by atoms with Gasteiger partial charge < -0.3 is 5.32 Å². The Morgan fingerprint density at radius 2 is 1.86 bits per heavy atom. The molecule has 2 N–H and O–H groups in total. The molecule has 0 atom stereocenters. The molecule has 0 aliphatic heterocycles. The second kappa shape index (κ2) is 6.47. The number of sulfonamides is 1. The lowest BCUT2D eigenvalue weighted by Gasteiger charge is -2.23. The van der Waals surface area contributed by atoms with Gasteiger partial charge in [-0.25, -0.2) is 8.42 Å². The van der Waals surface area contributed by atoms with E-state index in [-0.39, 0.29) is 11.9 Å². The summed E-state index contributed by atoms with van der Waals surface area (Å²) in [5, 5.41) is 3.05. The van der Waals surface area contributed by atoms with Gasteiger partial charge in [-0.2, -0.15) is 0 Å². The fraction of sp³-hybridized carbons (Fsp3) is 0.533. The molecule has 1 saturated carbocycles. The number of hydrogen-bond donors (Lipinski definition) is 2. The highest BCUT2D eigenvalue weighted by molar-refractivity contribution is 7.92. The lowest BCUT2D eigenvalue weighted by Crippen LogP contribution is -2.36. The van der Waals surface area contributed by atoms with Crippen LogP contribution in [0.4, 0.5) is 5.69 Å². The van der Waals surface area contributed by atoms with Crippen LogP contribution in [0.15, 0.2) is 18.2 Å². The maximum Gasteiger partial charge on any atom is 0.251 e. The van der Waals surface area contributed by atoms with Crippen LogP contribution in [0, 0.1) is 6.92 Å². The third kappa shape index (κ3) is 4.46. The first-order valence-electron chi connectivity index (χ1n) is 7.25. The summed E-state index contributed by atoms with van der Waals surface area (Å²) < 4.78 is 25.1. The van der Waals surface area contributed by atoms with E-state index in [1.165, 1.54) is 6.42 Å². The van der Waals surface area contributed by atoms with Crippen molar-refractivity contribution in [3.05, 3.63) is 29.3 Å². The number of rotatable bonds is 4. The van der Waals surface area contributed by atoms with Crippen LogP contribution in [-0.4, -0.2) is 26.6 Å². The molecule has 1 aliphatic carbocycles. The Labute approximate surface area is 126 Å². The van der Waals surface area contributed by atoms with Gasteiger partial charge in [0.2, 0.25) is 10.0 Å². The molecule has 0 bridgehead atoms. The van der Waals surface area contributed by atoms with E-state index in [0.29, 0.717) is 16.8 Å². The van der Waals surface area contributed by atoms with E-state index >= 15 is 0 Å². The highest BCUT2D eigenvalue weighted by atomic mass is 32.2. The van der Waals surface area contributed by atoms with Gasteiger partial charge in [-0.15, -0.1) is 0 Å². The zero-order valence-electron chi connectivity index (χ0n) is 12.5. The second-order valence-corrected chi connectivity index (χ2v) is 7.41. The topological polar surface area (TPSA) is 75.3 Å². The predicted octanol–water partition coefficient (Wildman–Crippen LogP) is 2.43. The Bertz CT molecular complexity index is 620. The summed E-state index contributed by atoms with van der Waals surface area (Å²) in [5.74, 6) is -0.128. The number of nitrogens with one attached hydrogen (secondary N) is 2.